The second kappa shape index (κ2) is 3.43. The van der Waals surface area contributed by atoms with Crippen LogP contribution in [-0.4, -0.2) is 9.78 Å². The summed E-state index contributed by atoms with van der Waals surface area (Å²) in [4.78, 5) is 2.27. The number of hydrogen-bond donors (Lipinski definition) is 2. The second-order valence-electron chi connectivity index (χ2n) is 3.04. The Morgan fingerprint density at radius 2 is 2.29 bits per heavy atom. The fourth-order valence-corrected chi connectivity index (χ4v) is 2.36. The van der Waals surface area contributed by atoms with Crippen molar-refractivity contribution in [2.75, 3.05) is 5.73 Å². The summed E-state index contributed by atoms with van der Waals surface area (Å²) in [5.41, 5.74) is 13.0. The summed E-state index contributed by atoms with van der Waals surface area (Å²) >= 11 is 1.65. The standard InChI is InChI=1S/C9H12N4S/c1-13-9(7(11)5-12-13)8-3-2-6(4-10)14-8/h2-3,5H,4,10-11H2,1H3. The molecule has 14 heavy (non-hydrogen) atoms. The third-order valence-corrected chi connectivity index (χ3v) is 3.18. The number of nitrogen functional groups attached to an aromatic ring is 1. The summed E-state index contributed by atoms with van der Waals surface area (Å²) in [6.07, 6.45) is 1.66. The van der Waals surface area contributed by atoms with Crippen molar-refractivity contribution in [2.24, 2.45) is 12.8 Å². The third kappa shape index (κ3) is 1.40. The molecule has 0 saturated heterocycles. The van der Waals surface area contributed by atoms with Crippen LogP contribution in [0.5, 0.6) is 0 Å². The average molecular weight is 208 g/mol. The fourth-order valence-electron chi connectivity index (χ4n) is 1.37. The molecule has 0 fully saturated rings. The Hall–Kier alpha value is -1.33. The summed E-state index contributed by atoms with van der Waals surface area (Å²) in [6.45, 7) is 0.572. The molecule has 0 unspecified atom stereocenters. The van der Waals surface area contributed by atoms with Gasteiger partial charge in [-0.15, -0.1) is 11.3 Å². The quantitative estimate of drug-likeness (QED) is 0.778. The first-order valence-corrected chi connectivity index (χ1v) is 5.10. The van der Waals surface area contributed by atoms with Gasteiger partial charge in [0.15, 0.2) is 0 Å². The van der Waals surface area contributed by atoms with Gasteiger partial charge in [0, 0.05) is 18.5 Å². The van der Waals surface area contributed by atoms with Crippen LogP contribution in [-0.2, 0) is 13.6 Å². The number of aryl methyl sites for hydroxylation is 1. The van der Waals surface area contributed by atoms with Crippen LogP contribution in [0.15, 0.2) is 18.3 Å². The largest absolute Gasteiger partial charge is 0.396 e. The molecule has 0 spiro atoms. The van der Waals surface area contributed by atoms with Gasteiger partial charge in [-0.3, -0.25) is 4.68 Å². The van der Waals surface area contributed by atoms with Crippen molar-refractivity contribution in [3.8, 4) is 10.6 Å². The summed E-state index contributed by atoms with van der Waals surface area (Å²) in [6, 6.07) is 4.05. The van der Waals surface area contributed by atoms with Crippen molar-refractivity contribution in [1.29, 1.82) is 0 Å². The lowest BCUT2D eigenvalue weighted by Crippen LogP contribution is -1.94. The molecule has 0 bridgehead atoms. The maximum Gasteiger partial charge on any atom is 0.101 e. The number of nitrogens with zero attached hydrogens (tertiary/aromatic N) is 2. The van der Waals surface area contributed by atoms with Crippen molar-refractivity contribution in [3.05, 3.63) is 23.2 Å². The Labute approximate surface area is 86.1 Å². The Morgan fingerprint density at radius 1 is 1.50 bits per heavy atom. The van der Waals surface area contributed by atoms with Crippen LogP contribution in [0.25, 0.3) is 10.6 Å². The molecule has 4 nitrogen and oxygen atoms in total. The minimum atomic E-state index is 0.572. The molecule has 0 radical (unpaired) electrons. The maximum atomic E-state index is 5.82. The zero-order valence-corrected chi connectivity index (χ0v) is 8.71. The highest BCUT2D eigenvalue weighted by molar-refractivity contribution is 7.15. The first-order valence-electron chi connectivity index (χ1n) is 4.29. The van der Waals surface area contributed by atoms with E-state index in [1.165, 1.54) is 0 Å². The van der Waals surface area contributed by atoms with Gasteiger partial charge in [-0.2, -0.15) is 5.10 Å². The number of hydrogen-bond acceptors (Lipinski definition) is 4. The average Bonchev–Trinajstić information content (AvgIpc) is 2.73. The minimum Gasteiger partial charge on any atom is -0.396 e. The first kappa shape index (κ1) is 9.23. The lowest BCUT2D eigenvalue weighted by atomic mass is 10.3. The van der Waals surface area contributed by atoms with Gasteiger partial charge in [0.25, 0.3) is 0 Å². The van der Waals surface area contributed by atoms with Gasteiger partial charge in [0.05, 0.1) is 16.8 Å². The van der Waals surface area contributed by atoms with Crippen LogP contribution in [0.2, 0.25) is 0 Å². The topological polar surface area (TPSA) is 69.9 Å². The number of anilines is 1. The molecule has 2 aromatic rings. The zero-order valence-electron chi connectivity index (χ0n) is 7.90. The Kier molecular flexibility index (Phi) is 2.26. The molecule has 2 rings (SSSR count). The van der Waals surface area contributed by atoms with E-state index in [0.29, 0.717) is 12.2 Å². The molecule has 0 aromatic carbocycles. The van der Waals surface area contributed by atoms with Crippen LogP contribution >= 0.6 is 11.3 Å². The van der Waals surface area contributed by atoms with Crippen LogP contribution in [0.1, 0.15) is 4.88 Å². The minimum absolute atomic E-state index is 0.572. The molecule has 5 heteroatoms. The maximum absolute atomic E-state index is 5.82. The summed E-state index contributed by atoms with van der Waals surface area (Å²) in [5, 5.41) is 4.09. The highest BCUT2D eigenvalue weighted by Gasteiger charge is 2.10. The van der Waals surface area contributed by atoms with E-state index in [9.17, 15) is 0 Å². The van der Waals surface area contributed by atoms with Crippen LogP contribution in [0, 0.1) is 0 Å². The SMILES string of the molecule is Cn1ncc(N)c1-c1ccc(CN)s1. The van der Waals surface area contributed by atoms with Crippen molar-refractivity contribution in [2.45, 2.75) is 6.54 Å². The van der Waals surface area contributed by atoms with E-state index in [1.807, 2.05) is 19.2 Å². The molecule has 0 amide bonds. The Bertz CT molecular complexity index is 424. The molecule has 0 atom stereocenters. The molecule has 0 aliphatic carbocycles. The lowest BCUT2D eigenvalue weighted by Gasteiger charge is -1.99. The monoisotopic (exact) mass is 208 g/mol. The van der Waals surface area contributed by atoms with Crippen LogP contribution in [0.3, 0.4) is 0 Å². The predicted octanol–water partition coefficient (Wildman–Crippen LogP) is 1.19. The van der Waals surface area contributed by atoms with Crippen LogP contribution in [0.4, 0.5) is 5.69 Å². The third-order valence-electron chi connectivity index (χ3n) is 2.06. The zero-order chi connectivity index (χ0) is 10.1. The lowest BCUT2D eigenvalue weighted by molar-refractivity contribution is 0.777. The molecule has 4 N–H and O–H groups in total. The van der Waals surface area contributed by atoms with E-state index in [4.69, 9.17) is 11.5 Å². The summed E-state index contributed by atoms with van der Waals surface area (Å²) in [7, 11) is 1.88. The second-order valence-corrected chi connectivity index (χ2v) is 4.21. The molecule has 0 aliphatic heterocycles. The molecular formula is C9H12N4S. The highest BCUT2D eigenvalue weighted by Crippen LogP contribution is 2.31. The van der Waals surface area contributed by atoms with Gasteiger partial charge in [-0.1, -0.05) is 0 Å². The Morgan fingerprint density at radius 3 is 2.79 bits per heavy atom. The molecule has 74 valence electrons. The number of rotatable bonds is 2. The van der Waals surface area contributed by atoms with E-state index in [1.54, 1.807) is 22.2 Å². The van der Waals surface area contributed by atoms with Gasteiger partial charge >= 0.3 is 0 Å². The van der Waals surface area contributed by atoms with E-state index < -0.39 is 0 Å². The summed E-state index contributed by atoms with van der Waals surface area (Å²) < 4.78 is 1.78. The normalized spacial score (nSPS) is 10.7. The van der Waals surface area contributed by atoms with E-state index in [2.05, 4.69) is 5.10 Å². The van der Waals surface area contributed by atoms with Gasteiger partial charge in [-0.25, -0.2) is 0 Å². The number of aromatic nitrogens is 2. The van der Waals surface area contributed by atoms with E-state index >= 15 is 0 Å². The predicted molar refractivity (Wildman–Crippen MR) is 58.8 cm³/mol. The molecule has 2 heterocycles. The fraction of sp³-hybridized carbons (Fsp3) is 0.222. The Balaban J connectivity index is 2.48. The van der Waals surface area contributed by atoms with Gasteiger partial charge in [0.2, 0.25) is 0 Å². The molecule has 0 saturated carbocycles. The first-order chi connectivity index (χ1) is 6.72. The molecule has 0 aliphatic rings. The highest BCUT2D eigenvalue weighted by atomic mass is 32.1. The number of nitrogens with two attached hydrogens (primary N) is 2. The van der Waals surface area contributed by atoms with E-state index in [0.717, 1.165) is 15.4 Å². The number of thiophene rings is 1. The van der Waals surface area contributed by atoms with Crippen molar-refractivity contribution in [3.63, 3.8) is 0 Å². The van der Waals surface area contributed by atoms with Crippen molar-refractivity contribution >= 4 is 17.0 Å². The van der Waals surface area contributed by atoms with Gasteiger partial charge in [-0.05, 0) is 12.1 Å². The van der Waals surface area contributed by atoms with Gasteiger partial charge in [0.1, 0.15) is 5.69 Å². The van der Waals surface area contributed by atoms with E-state index in [-0.39, 0.29) is 0 Å². The summed E-state index contributed by atoms with van der Waals surface area (Å²) in [5.74, 6) is 0. The smallest absolute Gasteiger partial charge is 0.101 e. The molecule has 2 aromatic heterocycles. The van der Waals surface area contributed by atoms with Crippen molar-refractivity contribution in [1.82, 2.24) is 9.78 Å². The van der Waals surface area contributed by atoms with Crippen LogP contribution < -0.4 is 11.5 Å². The molecular weight excluding hydrogens is 196 g/mol. The van der Waals surface area contributed by atoms with Gasteiger partial charge < -0.3 is 11.5 Å². The van der Waals surface area contributed by atoms with Crippen molar-refractivity contribution < 1.29 is 0 Å².